The minimum atomic E-state index is -3.46. The van der Waals surface area contributed by atoms with Crippen LogP contribution in [0.2, 0.25) is 0 Å². The molecule has 1 aliphatic carbocycles. The second-order valence-corrected chi connectivity index (χ2v) is 7.91. The third kappa shape index (κ3) is 3.18. The number of nitrogens with one attached hydrogen (secondary N) is 1. The maximum Gasteiger partial charge on any atom is 0.241 e. The van der Waals surface area contributed by atoms with E-state index < -0.39 is 10.0 Å². The number of fused-ring (bicyclic) bond motifs is 1. The fourth-order valence-electron chi connectivity index (χ4n) is 3.40. The van der Waals surface area contributed by atoms with E-state index in [0.717, 1.165) is 42.4 Å². The predicted molar refractivity (Wildman–Crippen MR) is 90.3 cm³/mol. The highest BCUT2D eigenvalue weighted by Gasteiger charge is 2.25. The number of benzene rings is 2. The van der Waals surface area contributed by atoms with E-state index in [2.05, 4.69) is 11.6 Å². The first-order chi connectivity index (χ1) is 10.6. The molecule has 1 fully saturated rings. The fourth-order valence-corrected chi connectivity index (χ4v) is 4.94. The van der Waals surface area contributed by atoms with Crippen LogP contribution in [0, 0.1) is 5.92 Å². The van der Waals surface area contributed by atoms with Gasteiger partial charge in [0.2, 0.25) is 10.0 Å². The first kappa shape index (κ1) is 15.5. The van der Waals surface area contributed by atoms with Crippen molar-refractivity contribution >= 4 is 20.8 Å². The Kier molecular flexibility index (Phi) is 4.50. The summed E-state index contributed by atoms with van der Waals surface area (Å²) in [5, 5.41) is 1.75. The van der Waals surface area contributed by atoms with Crippen LogP contribution < -0.4 is 4.72 Å². The Balaban J connectivity index is 1.83. The molecule has 118 valence electrons. The third-order valence-electron chi connectivity index (χ3n) is 4.79. The van der Waals surface area contributed by atoms with Gasteiger partial charge in [-0.1, -0.05) is 49.7 Å². The molecule has 0 saturated heterocycles. The fraction of sp³-hybridized carbons (Fsp3) is 0.444. The van der Waals surface area contributed by atoms with Gasteiger partial charge in [0.1, 0.15) is 0 Å². The predicted octanol–water partition coefficient (Wildman–Crippen LogP) is 4.09. The molecular formula is C18H23NO2S. The smallest absolute Gasteiger partial charge is 0.208 e. The summed E-state index contributed by atoms with van der Waals surface area (Å²) in [5.74, 6) is 0.762. The SMILES string of the molecule is CC[C@H]1CC[C@@H](NS(=O)(=O)c2cccc3ccccc23)CC1. The molecule has 0 aliphatic heterocycles. The van der Waals surface area contributed by atoms with E-state index >= 15 is 0 Å². The number of sulfonamides is 1. The van der Waals surface area contributed by atoms with Crippen molar-refractivity contribution in [1.29, 1.82) is 0 Å². The molecular weight excluding hydrogens is 294 g/mol. The van der Waals surface area contributed by atoms with E-state index in [9.17, 15) is 8.42 Å². The average molecular weight is 317 g/mol. The summed E-state index contributed by atoms with van der Waals surface area (Å²) >= 11 is 0. The molecule has 2 aromatic rings. The van der Waals surface area contributed by atoms with Gasteiger partial charge in [0.05, 0.1) is 4.90 Å². The molecule has 0 radical (unpaired) electrons. The topological polar surface area (TPSA) is 46.2 Å². The first-order valence-electron chi connectivity index (χ1n) is 8.10. The number of rotatable bonds is 4. The zero-order chi connectivity index (χ0) is 15.6. The first-order valence-corrected chi connectivity index (χ1v) is 9.58. The molecule has 0 heterocycles. The Morgan fingerprint density at radius 2 is 1.68 bits per heavy atom. The van der Waals surface area contributed by atoms with Crippen LogP contribution in [0.25, 0.3) is 10.8 Å². The van der Waals surface area contributed by atoms with Gasteiger partial charge >= 0.3 is 0 Å². The summed E-state index contributed by atoms with van der Waals surface area (Å²) in [6.45, 7) is 2.21. The molecule has 0 bridgehead atoms. The highest BCUT2D eigenvalue weighted by atomic mass is 32.2. The Hall–Kier alpha value is -1.39. The van der Waals surface area contributed by atoms with Gasteiger partial charge < -0.3 is 0 Å². The molecule has 22 heavy (non-hydrogen) atoms. The number of hydrogen-bond donors (Lipinski definition) is 1. The van der Waals surface area contributed by atoms with Gasteiger partial charge in [-0.05, 0) is 43.1 Å². The Labute approximate surface area is 132 Å². The highest BCUT2D eigenvalue weighted by molar-refractivity contribution is 7.89. The van der Waals surface area contributed by atoms with Crippen molar-refractivity contribution in [3.63, 3.8) is 0 Å². The van der Waals surface area contributed by atoms with Gasteiger partial charge in [-0.2, -0.15) is 0 Å². The highest BCUT2D eigenvalue weighted by Crippen LogP contribution is 2.28. The van der Waals surface area contributed by atoms with Gasteiger partial charge in [0, 0.05) is 11.4 Å². The van der Waals surface area contributed by atoms with Crippen LogP contribution in [0.3, 0.4) is 0 Å². The minimum absolute atomic E-state index is 0.0757. The maximum absolute atomic E-state index is 12.8. The molecule has 0 unspecified atom stereocenters. The Morgan fingerprint density at radius 3 is 2.41 bits per heavy atom. The van der Waals surface area contributed by atoms with Crippen molar-refractivity contribution in [1.82, 2.24) is 4.72 Å². The van der Waals surface area contributed by atoms with Crippen molar-refractivity contribution in [2.24, 2.45) is 5.92 Å². The minimum Gasteiger partial charge on any atom is -0.208 e. The second-order valence-electron chi connectivity index (χ2n) is 6.22. The van der Waals surface area contributed by atoms with E-state index in [1.807, 2.05) is 36.4 Å². The van der Waals surface area contributed by atoms with Gasteiger partial charge in [-0.15, -0.1) is 0 Å². The Morgan fingerprint density at radius 1 is 1.00 bits per heavy atom. The number of hydrogen-bond acceptors (Lipinski definition) is 2. The summed E-state index contributed by atoms with van der Waals surface area (Å²) in [5.41, 5.74) is 0. The summed E-state index contributed by atoms with van der Waals surface area (Å²) in [6, 6.07) is 13.2. The van der Waals surface area contributed by atoms with Crippen LogP contribution in [-0.4, -0.2) is 14.5 Å². The summed E-state index contributed by atoms with van der Waals surface area (Å²) in [7, 11) is -3.46. The van der Waals surface area contributed by atoms with Gasteiger partial charge in [-0.3, -0.25) is 0 Å². The summed E-state index contributed by atoms with van der Waals surface area (Å²) in [4.78, 5) is 0.392. The van der Waals surface area contributed by atoms with Crippen LogP contribution >= 0.6 is 0 Å². The van der Waals surface area contributed by atoms with Crippen molar-refractivity contribution in [2.75, 3.05) is 0 Å². The normalized spacial score (nSPS) is 22.8. The molecule has 0 atom stereocenters. The van der Waals surface area contributed by atoms with Crippen molar-refractivity contribution in [3.05, 3.63) is 42.5 Å². The van der Waals surface area contributed by atoms with Crippen molar-refractivity contribution in [2.45, 2.75) is 50.0 Å². The monoisotopic (exact) mass is 317 g/mol. The van der Waals surface area contributed by atoms with Crippen molar-refractivity contribution in [3.8, 4) is 0 Å². The lowest BCUT2D eigenvalue weighted by Crippen LogP contribution is -2.37. The van der Waals surface area contributed by atoms with Gasteiger partial charge in [0.15, 0.2) is 0 Å². The van der Waals surface area contributed by atoms with Gasteiger partial charge in [-0.25, -0.2) is 13.1 Å². The zero-order valence-corrected chi connectivity index (χ0v) is 13.8. The van der Waals surface area contributed by atoms with Crippen LogP contribution in [0.1, 0.15) is 39.0 Å². The second kappa shape index (κ2) is 6.39. The summed E-state index contributed by atoms with van der Waals surface area (Å²) in [6.07, 6.45) is 5.34. The summed E-state index contributed by atoms with van der Waals surface area (Å²) < 4.78 is 28.4. The van der Waals surface area contributed by atoms with E-state index in [0.29, 0.717) is 4.90 Å². The Bertz CT molecular complexity index is 741. The molecule has 3 rings (SSSR count). The van der Waals surface area contributed by atoms with E-state index in [1.54, 1.807) is 6.07 Å². The van der Waals surface area contributed by atoms with Crippen LogP contribution in [-0.2, 0) is 10.0 Å². The average Bonchev–Trinajstić information content (AvgIpc) is 2.54. The third-order valence-corrected chi connectivity index (χ3v) is 6.36. The van der Waals surface area contributed by atoms with Gasteiger partial charge in [0.25, 0.3) is 0 Å². The molecule has 1 N–H and O–H groups in total. The lowest BCUT2D eigenvalue weighted by atomic mass is 9.85. The quantitative estimate of drug-likeness (QED) is 0.923. The molecule has 2 aromatic carbocycles. The molecule has 1 saturated carbocycles. The van der Waals surface area contributed by atoms with Crippen LogP contribution in [0.15, 0.2) is 47.4 Å². The standard InChI is InChI=1S/C18H23NO2S/c1-2-14-10-12-16(13-11-14)19-22(20,21)18-9-5-7-15-6-3-4-8-17(15)18/h3-9,14,16,19H,2,10-13H2,1H3/t14-,16+. The van der Waals surface area contributed by atoms with E-state index in [-0.39, 0.29) is 6.04 Å². The van der Waals surface area contributed by atoms with Crippen LogP contribution in [0.5, 0.6) is 0 Å². The van der Waals surface area contributed by atoms with Crippen LogP contribution in [0.4, 0.5) is 0 Å². The molecule has 4 heteroatoms. The molecule has 0 aromatic heterocycles. The van der Waals surface area contributed by atoms with Crippen molar-refractivity contribution < 1.29 is 8.42 Å². The lowest BCUT2D eigenvalue weighted by Gasteiger charge is -2.28. The molecule has 0 spiro atoms. The maximum atomic E-state index is 12.8. The molecule has 1 aliphatic rings. The molecule has 3 nitrogen and oxygen atoms in total. The zero-order valence-electron chi connectivity index (χ0n) is 13.0. The molecule has 0 amide bonds. The van der Waals surface area contributed by atoms with E-state index in [1.165, 1.54) is 6.42 Å². The lowest BCUT2D eigenvalue weighted by molar-refractivity contribution is 0.306. The van der Waals surface area contributed by atoms with E-state index in [4.69, 9.17) is 0 Å². The largest absolute Gasteiger partial charge is 0.241 e.